The Morgan fingerprint density at radius 2 is 1.81 bits per heavy atom. The van der Waals surface area contributed by atoms with Crippen LogP contribution in [-0.2, 0) is 4.79 Å². The Morgan fingerprint density at radius 3 is 2.48 bits per heavy atom. The highest BCUT2D eigenvalue weighted by atomic mass is 16.3. The number of hydrogen-bond acceptors (Lipinski definition) is 4. The first-order valence-corrected chi connectivity index (χ1v) is 11.2. The molecule has 4 nitrogen and oxygen atoms in total. The summed E-state index contributed by atoms with van der Waals surface area (Å²) in [5.74, 6) is 0.456. The van der Waals surface area contributed by atoms with Gasteiger partial charge >= 0.3 is 0 Å². The minimum absolute atomic E-state index is 0.0706. The summed E-state index contributed by atoms with van der Waals surface area (Å²) in [7, 11) is 0. The van der Waals surface area contributed by atoms with E-state index in [0.29, 0.717) is 12.3 Å². The molecule has 0 aromatic rings. The second-order valence-corrected chi connectivity index (χ2v) is 8.82. The molecule has 3 N–H and O–H groups in total. The maximum atomic E-state index is 12.3. The molecule has 2 saturated carbocycles. The standard InChI is InChI=1S/C23H40O4/c1-2-3-14-23(27,18-12-13-18)15-9-11-20-19(21(25)17-22(20)26)10-7-5-4-6-8-16-24/h9,11,18-20,22,24,26-27H,2-8,10,12-17H2,1H3/t19-,20-,22-,23?/m1/s1. The molecule has 0 heterocycles. The first-order valence-electron chi connectivity index (χ1n) is 11.2. The maximum absolute atomic E-state index is 12.3. The molecule has 2 aliphatic carbocycles. The number of carbonyl (C=O) groups excluding carboxylic acids is 1. The third-order valence-electron chi connectivity index (χ3n) is 6.54. The van der Waals surface area contributed by atoms with E-state index >= 15 is 0 Å². The average molecular weight is 381 g/mol. The summed E-state index contributed by atoms with van der Waals surface area (Å²) < 4.78 is 0. The van der Waals surface area contributed by atoms with Gasteiger partial charge in [0.2, 0.25) is 0 Å². The second-order valence-electron chi connectivity index (χ2n) is 8.82. The van der Waals surface area contributed by atoms with Gasteiger partial charge in [0.05, 0.1) is 11.7 Å². The maximum Gasteiger partial charge on any atom is 0.139 e. The zero-order chi connectivity index (χ0) is 19.7. The number of ketones is 1. The molecular weight excluding hydrogens is 340 g/mol. The minimum Gasteiger partial charge on any atom is -0.396 e. The van der Waals surface area contributed by atoms with Crippen LogP contribution in [0.2, 0.25) is 0 Å². The van der Waals surface area contributed by atoms with Crippen molar-refractivity contribution in [3.63, 3.8) is 0 Å². The fraction of sp³-hybridized carbons (Fsp3) is 0.870. The van der Waals surface area contributed by atoms with Gasteiger partial charge in [-0.2, -0.15) is 0 Å². The van der Waals surface area contributed by atoms with Crippen molar-refractivity contribution in [2.75, 3.05) is 6.61 Å². The van der Waals surface area contributed by atoms with Crippen molar-refractivity contribution in [1.82, 2.24) is 0 Å². The molecule has 0 bridgehead atoms. The van der Waals surface area contributed by atoms with Gasteiger partial charge in [-0.3, -0.25) is 4.79 Å². The quantitative estimate of drug-likeness (QED) is 0.312. The van der Waals surface area contributed by atoms with E-state index in [4.69, 9.17) is 5.11 Å². The molecule has 4 atom stereocenters. The van der Waals surface area contributed by atoms with E-state index in [1.54, 1.807) is 0 Å². The SMILES string of the molecule is CCCCC(O)(CC=C[C@H]1[C@H](O)CC(=O)[C@@H]1CCCCCCCO)C1CC1. The highest BCUT2D eigenvalue weighted by Crippen LogP contribution is 2.45. The van der Waals surface area contributed by atoms with E-state index < -0.39 is 11.7 Å². The highest BCUT2D eigenvalue weighted by Gasteiger charge is 2.43. The summed E-state index contributed by atoms with van der Waals surface area (Å²) in [4.78, 5) is 12.3. The van der Waals surface area contributed by atoms with Gasteiger partial charge in [-0.05, 0) is 44.4 Å². The lowest BCUT2D eigenvalue weighted by Crippen LogP contribution is -2.30. The van der Waals surface area contributed by atoms with Crippen molar-refractivity contribution in [3.8, 4) is 0 Å². The Labute approximate surface area is 165 Å². The number of aliphatic hydroxyl groups is 3. The summed E-state index contributed by atoms with van der Waals surface area (Å²) in [6.07, 6.45) is 15.5. The number of carbonyl (C=O) groups is 1. The van der Waals surface area contributed by atoms with Gasteiger partial charge < -0.3 is 15.3 Å². The van der Waals surface area contributed by atoms with Crippen LogP contribution in [0, 0.1) is 17.8 Å². The number of hydrogen-bond donors (Lipinski definition) is 3. The Hall–Kier alpha value is -0.710. The Kier molecular flexibility index (Phi) is 9.47. The largest absolute Gasteiger partial charge is 0.396 e. The molecule has 0 aliphatic heterocycles. The van der Waals surface area contributed by atoms with Crippen molar-refractivity contribution in [2.45, 2.75) is 102 Å². The predicted octanol–water partition coefficient (Wildman–Crippen LogP) is 4.16. The molecule has 0 amide bonds. The molecule has 0 aromatic heterocycles. The van der Waals surface area contributed by atoms with E-state index in [1.807, 2.05) is 12.2 Å². The van der Waals surface area contributed by atoms with E-state index in [0.717, 1.165) is 70.6 Å². The van der Waals surface area contributed by atoms with Gasteiger partial charge in [-0.1, -0.05) is 57.6 Å². The average Bonchev–Trinajstić information content (AvgIpc) is 3.46. The topological polar surface area (TPSA) is 77.8 Å². The van der Waals surface area contributed by atoms with Gasteiger partial charge in [-0.25, -0.2) is 0 Å². The molecule has 4 heteroatoms. The first kappa shape index (κ1) is 22.6. The lowest BCUT2D eigenvalue weighted by Gasteiger charge is -2.27. The molecular formula is C23H40O4. The summed E-state index contributed by atoms with van der Waals surface area (Å²) >= 11 is 0. The van der Waals surface area contributed by atoms with E-state index in [1.165, 1.54) is 0 Å². The van der Waals surface area contributed by atoms with E-state index in [9.17, 15) is 15.0 Å². The smallest absolute Gasteiger partial charge is 0.139 e. The first-order chi connectivity index (χ1) is 13.0. The van der Waals surface area contributed by atoms with Crippen molar-refractivity contribution < 1.29 is 20.1 Å². The summed E-state index contributed by atoms with van der Waals surface area (Å²) in [5.41, 5.74) is -0.595. The van der Waals surface area contributed by atoms with Crippen LogP contribution in [0.3, 0.4) is 0 Å². The number of rotatable bonds is 14. The third kappa shape index (κ3) is 6.99. The molecule has 2 rings (SSSR count). The minimum atomic E-state index is -0.595. The lowest BCUT2D eigenvalue weighted by atomic mass is 9.85. The second kappa shape index (κ2) is 11.3. The van der Waals surface area contributed by atoms with Gasteiger partial charge in [0.25, 0.3) is 0 Å². The van der Waals surface area contributed by atoms with Crippen molar-refractivity contribution in [1.29, 1.82) is 0 Å². The van der Waals surface area contributed by atoms with Crippen LogP contribution in [0.25, 0.3) is 0 Å². The van der Waals surface area contributed by atoms with Crippen molar-refractivity contribution >= 4 is 5.78 Å². The Morgan fingerprint density at radius 1 is 1.11 bits per heavy atom. The van der Waals surface area contributed by atoms with Gasteiger partial charge in [-0.15, -0.1) is 0 Å². The number of Topliss-reactive ketones (excluding diaryl/α,β-unsaturated/α-hetero) is 1. The van der Waals surface area contributed by atoms with Crippen molar-refractivity contribution in [2.24, 2.45) is 17.8 Å². The molecule has 0 spiro atoms. The highest BCUT2D eigenvalue weighted by molar-refractivity contribution is 5.84. The zero-order valence-corrected chi connectivity index (χ0v) is 17.1. The lowest BCUT2D eigenvalue weighted by molar-refractivity contribution is -0.121. The van der Waals surface area contributed by atoms with Crippen LogP contribution in [0.5, 0.6) is 0 Å². The Bertz CT molecular complexity index is 471. The Balaban J connectivity index is 1.83. The molecule has 27 heavy (non-hydrogen) atoms. The monoisotopic (exact) mass is 380 g/mol. The van der Waals surface area contributed by atoms with Crippen molar-refractivity contribution in [3.05, 3.63) is 12.2 Å². The van der Waals surface area contributed by atoms with Crippen LogP contribution in [0.1, 0.15) is 90.4 Å². The van der Waals surface area contributed by atoms with Crippen LogP contribution in [0.15, 0.2) is 12.2 Å². The molecule has 0 aromatic carbocycles. The normalized spacial score (nSPS) is 28.1. The summed E-state index contributed by atoms with van der Waals surface area (Å²) in [6, 6.07) is 0. The molecule has 0 radical (unpaired) electrons. The molecule has 2 fully saturated rings. The van der Waals surface area contributed by atoms with E-state index in [2.05, 4.69) is 6.92 Å². The molecule has 1 unspecified atom stereocenters. The zero-order valence-electron chi connectivity index (χ0n) is 17.1. The van der Waals surface area contributed by atoms with Crippen LogP contribution >= 0.6 is 0 Å². The van der Waals surface area contributed by atoms with Crippen LogP contribution in [-0.4, -0.2) is 39.4 Å². The molecule has 156 valence electrons. The van der Waals surface area contributed by atoms with E-state index in [-0.39, 0.29) is 30.6 Å². The van der Waals surface area contributed by atoms with Gasteiger partial charge in [0, 0.05) is 24.9 Å². The third-order valence-corrected chi connectivity index (χ3v) is 6.54. The van der Waals surface area contributed by atoms with Crippen LogP contribution in [0.4, 0.5) is 0 Å². The number of aliphatic hydroxyl groups excluding tert-OH is 2. The van der Waals surface area contributed by atoms with Crippen LogP contribution < -0.4 is 0 Å². The predicted molar refractivity (Wildman–Crippen MR) is 108 cm³/mol. The van der Waals surface area contributed by atoms with Gasteiger partial charge in [0.15, 0.2) is 0 Å². The van der Waals surface area contributed by atoms with Gasteiger partial charge in [0.1, 0.15) is 5.78 Å². The molecule has 0 saturated heterocycles. The molecule has 2 aliphatic rings. The summed E-state index contributed by atoms with van der Waals surface area (Å²) in [5, 5.41) is 30.1. The summed E-state index contributed by atoms with van der Waals surface area (Å²) in [6.45, 7) is 2.41. The fourth-order valence-corrected chi connectivity index (χ4v) is 4.60. The number of unbranched alkanes of at least 4 members (excludes halogenated alkanes) is 5. The fourth-order valence-electron chi connectivity index (χ4n) is 4.60.